The lowest BCUT2D eigenvalue weighted by Gasteiger charge is -2.13. The van der Waals surface area contributed by atoms with Crippen LogP contribution in [0.3, 0.4) is 0 Å². The van der Waals surface area contributed by atoms with E-state index in [1.807, 2.05) is 30.3 Å². The van der Waals surface area contributed by atoms with Crippen LogP contribution in [-0.2, 0) is 6.42 Å². The molecule has 0 aliphatic carbocycles. The summed E-state index contributed by atoms with van der Waals surface area (Å²) in [5.74, 6) is 0. The van der Waals surface area contributed by atoms with E-state index in [1.54, 1.807) is 0 Å². The van der Waals surface area contributed by atoms with Crippen LogP contribution in [0, 0.1) is 0 Å². The van der Waals surface area contributed by atoms with Crippen molar-refractivity contribution < 1.29 is 0 Å². The van der Waals surface area contributed by atoms with Crippen molar-refractivity contribution in [2.75, 3.05) is 0 Å². The molecule has 0 atom stereocenters. The molecule has 0 saturated heterocycles. The van der Waals surface area contributed by atoms with Gasteiger partial charge in [0.1, 0.15) is 0 Å². The van der Waals surface area contributed by atoms with E-state index in [4.69, 9.17) is 19.9 Å². The predicted octanol–water partition coefficient (Wildman–Crippen LogP) is 9.96. The molecule has 0 saturated carbocycles. The van der Waals surface area contributed by atoms with Crippen LogP contribution in [0.25, 0.3) is 77.7 Å². The van der Waals surface area contributed by atoms with Gasteiger partial charge >= 0.3 is 0 Å². The van der Waals surface area contributed by atoms with Gasteiger partial charge in [-0.15, -0.1) is 0 Å². The first-order chi connectivity index (χ1) is 21.7. The molecule has 0 fully saturated rings. The number of nitrogens with zero attached hydrogens (tertiary/aromatic N) is 4. The zero-order chi connectivity index (χ0) is 29.5. The lowest BCUT2D eigenvalue weighted by molar-refractivity contribution is 1.06. The van der Waals surface area contributed by atoms with Crippen LogP contribution in [0.15, 0.2) is 140 Å². The fraction of sp³-hybridized carbons (Fsp3) is 0.0500. The monoisotopic (exact) mass is 564 g/mol. The average molecular weight is 565 g/mol. The molecule has 0 amide bonds. The van der Waals surface area contributed by atoms with Crippen LogP contribution in [0.2, 0.25) is 0 Å². The highest BCUT2D eigenvalue weighted by Crippen LogP contribution is 2.35. The fourth-order valence-electron chi connectivity index (χ4n) is 5.87. The molecule has 44 heavy (non-hydrogen) atoms. The molecule has 8 rings (SSSR count). The number of hydrogen-bond acceptors (Lipinski definition) is 4. The third-order valence-corrected chi connectivity index (χ3v) is 8.19. The molecular weight excluding hydrogens is 536 g/mol. The second-order valence-corrected chi connectivity index (χ2v) is 11.0. The second-order valence-electron chi connectivity index (χ2n) is 11.0. The van der Waals surface area contributed by atoms with Gasteiger partial charge < -0.3 is 0 Å². The van der Waals surface area contributed by atoms with Crippen molar-refractivity contribution in [2.45, 2.75) is 13.3 Å². The van der Waals surface area contributed by atoms with Crippen LogP contribution in [0.4, 0.5) is 0 Å². The number of pyridine rings is 2. The topological polar surface area (TPSA) is 51.6 Å². The Kier molecular flexibility index (Phi) is 6.38. The zero-order valence-corrected chi connectivity index (χ0v) is 24.3. The number of aryl methyl sites for hydroxylation is 1. The predicted molar refractivity (Wildman–Crippen MR) is 181 cm³/mol. The van der Waals surface area contributed by atoms with Gasteiger partial charge in [-0.3, -0.25) is 4.98 Å². The molecule has 4 nitrogen and oxygen atoms in total. The van der Waals surface area contributed by atoms with Crippen LogP contribution < -0.4 is 0 Å². The van der Waals surface area contributed by atoms with Crippen LogP contribution in [0.5, 0.6) is 0 Å². The standard InChI is InChI=1S/C40H28N4/c1-2-33-22-20-27-18-19-28-21-23-34(42-38(28)37(27)41-33)30-13-9-15-32(25-30)40-39(43-35-16-6-7-17-36(35)44-40)31-14-8-12-29(24-31)26-10-4-3-5-11-26/h3-25H,2H2,1H3. The van der Waals surface area contributed by atoms with Crippen LogP contribution in [0.1, 0.15) is 12.6 Å². The highest BCUT2D eigenvalue weighted by molar-refractivity contribution is 6.03. The van der Waals surface area contributed by atoms with E-state index in [2.05, 4.69) is 116 Å². The summed E-state index contributed by atoms with van der Waals surface area (Å²) in [4.78, 5) is 20.4. The van der Waals surface area contributed by atoms with E-state index in [9.17, 15) is 0 Å². The van der Waals surface area contributed by atoms with Gasteiger partial charge in [-0.2, -0.15) is 0 Å². The molecular formula is C40H28N4. The number of aromatic nitrogens is 4. The molecule has 5 aromatic carbocycles. The van der Waals surface area contributed by atoms with E-state index in [0.717, 1.165) is 84.3 Å². The number of rotatable bonds is 5. The molecule has 208 valence electrons. The Hall–Kier alpha value is -5.74. The maximum Gasteiger partial charge on any atom is 0.0973 e. The minimum Gasteiger partial charge on any atom is -0.251 e. The van der Waals surface area contributed by atoms with Crippen molar-refractivity contribution in [1.82, 2.24) is 19.9 Å². The summed E-state index contributed by atoms with van der Waals surface area (Å²) in [6, 6.07) is 48.2. The summed E-state index contributed by atoms with van der Waals surface area (Å²) in [5.41, 5.74) is 12.6. The Morgan fingerprint density at radius 3 is 1.61 bits per heavy atom. The summed E-state index contributed by atoms with van der Waals surface area (Å²) in [6.07, 6.45) is 0.886. The van der Waals surface area contributed by atoms with Crippen molar-refractivity contribution >= 4 is 32.8 Å². The summed E-state index contributed by atoms with van der Waals surface area (Å²) in [6.45, 7) is 2.13. The number of fused-ring (bicyclic) bond motifs is 4. The van der Waals surface area contributed by atoms with Crippen molar-refractivity contribution in [2.24, 2.45) is 0 Å². The highest BCUT2D eigenvalue weighted by atomic mass is 14.8. The molecule has 0 spiro atoms. The number of benzene rings is 5. The normalized spacial score (nSPS) is 11.4. The van der Waals surface area contributed by atoms with Crippen LogP contribution >= 0.6 is 0 Å². The molecule has 0 aliphatic rings. The SMILES string of the molecule is CCc1ccc2ccc3ccc(-c4cccc(-c5nc6ccccc6nc5-c5cccc(-c6ccccc6)c5)c4)nc3c2n1. The summed E-state index contributed by atoms with van der Waals surface area (Å²) >= 11 is 0. The second kappa shape index (κ2) is 10.8. The van der Waals surface area contributed by atoms with Crippen molar-refractivity contribution in [3.8, 4) is 44.9 Å². The van der Waals surface area contributed by atoms with E-state index in [-0.39, 0.29) is 0 Å². The van der Waals surface area contributed by atoms with Crippen molar-refractivity contribution in [1.29, 1.82) is 0 Å². The molecule has 0 bridgehead atoms. The molecule has 8 aromatic rings. The largest absolute Gasteiger partial charge is 0.251 e. The zero-order valence-electron chi connectivity index (χ0n) is 24.3. The lowest BCUT2D eigenvalue weighted by atomic mass is 9.97. The van der Waals surface area contributed by atoms with Gasteiger partial charge in [0, 0.05) is 33.2 Å². The molecule has 3 heterocycles. The molecule has 0 unspecified atom stereocenters. The third kappa shape index (κ3) is 4.67. The first-order valence-electron chi connectivity index (χ1n) is 15.0. The summed E-state index contributed by atoms with van der Waals surface area (Å²) in [7, 11) is 0. The molecule has 0 radical (unpaired) electrons. The Morgan fingerprint density at radius 1 is 0.409 bits per heavy atom. The van der Waals surface area contributed by atoms with E-state index in [1.165, 1.54) is 5.56 Å². The molecule has 0 aliphatic heterocycles. The van der Waals surface area contributed by atoms with E-state index in [0.29, 0.717) is 0 Å². The molecule has 3 aromatic heterocycles. The quantitative estimate of drug-likeness (QED) is 0.195. The first kappa shape index (κ1) is 25.9. The minimum absolute atomic E-state index is 0.844. The average Bonchev–Trinajstić information content (AvgIpc) is 3.11. The Balaban J connectivity index is 1.29. The van der Waals surface area contributed by atoms with Gasteiger partial charge in [0.15, 0.2) is 0 Å². The summed E-state index contributed by atoms with van der Waals surface area (Å²) in [5, 5.41) is 2.18. The Bertz CT molecular complexity index is 2330. The fourth-order valence-corrected chi connectivity index (χ4v) is 5.87. The smallest absolute Gasteiger partial charge is 0.0973 e. The third-order valence-electron chi connectivity index (χ3n) is 8.19. The first-order valence-corrected chi connectivity index (χ1v) is 15.0. The highest BCUT2D eigenvalue weighted by Gasteiger charge is 2.16. The molecule has 4 heteroatoms. The molecule has 0 N–H and O–H groups in total. The number of para-hydroxylation sites is 2. The van der Waals surface area contributed by atoms with Gasteiger partial charge in [0.25, 0.3) is 0 Å². The maximum absolute atomic E-state index is 5.18. The van der Waals surface area contributed by atoms with Gasteiger partial charge in [-0.05, 0) is 53.9 Å². The number of hydrogen-bond donors (Lipinski definition) is 0. The van der Waals surface area contributed by atoms with Gasteiger partial charge in [0.2, 0.25) is 0 Å². The van der Waals surface area contributed by atoms with Crippen molar-refractivity contribution in [3.05, 3.63) is 145 Å². The minimum atomic E-state index is 0.844. The van der Waals surface area contributed by atoms with E-state index < -0.39 is 0 Å². The van der Waals surface area contributed by atoms with Gasteiger partial charge in [-0.1, -0.05) is 110 Å². The summed E-state index contributed by atoms with van der Waals surface area (Å²) < 4.78 is 0. The Labute approximate surface area is 255 Å². The Morgan fingerprint density at radius 2 is 0.932 bits per heavy atom. The van der Waals surface area contributed by atoms with E-state index >= 15 is 0 Å². The van der Waals surface area contributed by atoms with Gasteiger partial charge in [-0.25, -0.2) is 15.0 Å². The van der Waals surface area contributed by atoms with Crippen molar-refractivity contribution in [3.63, 3.8) is 0 Å². The van der Waals surface area contributed by atoms with Crippen LogP contribution in [-0.4, -0.2) is 19.9 Å². The van der Waals surface area contributed by atoms with Gasteiger partial charge in [0.05, 0.1) is 39.1 Å². The lowest BCUT2D eigenvalue weighted by Crippen LogP contribution is -1.96. The maximum atomic E-state index is 5.18.